The number of carboxylic acid groups (broad SMARTS) is 2. The minimum Gasteiger partial charge on any atom is -0.545 e. The normalized spacial score (nSPS) is 8.86. The fraction of sp³-hybridized carbons (Fsp3) is 0.125. The molecule has 0 aliphatic heterocycles. The average molecular weight is 383 g/mol. The summed E-state index contributed by atoms with van der Waals surface area (Å²) in [5.41, 5.74) is 2.34. The van der Waals surface area contributed by atoms with E-state index in [0.717, 1.165) is 11.1 Å². The van der Waals surface area contributed by atoms with E-state index in [4.69, 9.17) is 0 Å². The zero-order valence-electron chi connectivity index (χ0n) is 12.0. The van der Waals surface area contributed by atoms with Crippen molar-refractivity contribution in [2.75, 3.05) is 0 Å². The summed E-state index contributed by atoms with van der Waals surface area (Å²) < 4.78 is 0. The Bertz CT molecular complexity index is 568. The summed E-state index contributed by atoms with van der Waals surface area (Å²) in [7, 11) is 0. The molecule has 0 atom stereocenters. The van der Waals surface area contributed by atoms with Gasteiger partial charge in [-0.15, -0.1) is 0 Å². The van der Waals surface area contributed by atoms with Gasteiger partial charge in [0.1, 0.15) is 0 Å². The van der Waals surface area contributed by atoms with Crippen molar-refractivity contribution in [2.45, 2.75) is 13.8 Å². The molecule has 0 saturated heterocycles. The first-order valence-electron chi connectivity index (χ1n) is 5.96. The summed E-state index contributed by atoms with van der Waals surface area (Å²) >= 11 is 0. The molecule has 0 unspecified atom stereocenters. The van der Waals surface area contributed by atoms with E-state index in [1.165, 1.54) is 12.1 Å². The van der Waals surface area contributed by atoms with Crippen LogP contribution in [-0.4, -0.2) is 11.9 Å². The van der Waals surface area contributed by atoms with Crippen LogP contribution in [-0.2, 0) is 27.3 Å². The van der Waals surface area contributed by atoms with Crippen molar-refractivity contribution < 1.29 is 47.1 Å². The fourth-order valence-electron chi connectivity index (χ4n) is 1.54. The predicted octanol–water partition coefficient (Wildman–Crippen LogP) is 0.715. The molecule has 0 aliphatic carbocycles. The maximum absolute atomic E-state index is 10.2. The van der Waals surface area contributed by atoms with Gasteiger partial charge in [0, 0.05) is 0 Å². The van der Waals surface area contributed by atoms with E-state index in [1.54, 1.807) is 24.3 Å². The number of hydrogen-bond donors (Lipinski definition) is 0. The van der Waals surface area contributed by atoms with Crippen LogP contribution in [0.3, 0.4) is 0 Å². The minimum absolute atomic E-state index is 0. The Hall–Kier alpha value is -1.70. The second-order valence-electron chi connectivity index (χ2n) is 4.31. The Balaban J connectivity index is 0.000000364. The molecule has 4 nitrogen and oxygen atoms in total. The first kappa shape index (κ1) is 19.3. The quantitative estimate of drug-likeness (QED) is 0.717. The molecule has 0 saturated carbocycles. The standard InChI is InChI=1S/2C8H8O2.Cd/c2*1-6-3-2-4-7(5-6)8(9)10;/h2*2-5H,1H3,(H,9,10);/q;;+2/p-2. The van der Waals surface area contributed by atoms with Crippen molar-refractivity contribution in [2.24, 2.45) is 0 Å². The molecule has 0 bridgehead atoms. The molecule has 0 aromatic heterocycles. The summed E-state index contributed by atoms with van der Waals surface area (Å²) in [6.07, 6.45) is 0. The molecule has 0 radical (unpaired) electrons. The van der Waals surface area contributed by atoms with Gasteiger partial charge in [-0.05, 0) is 25.0 Å². The summed E-state index contributed by atoms with van der Waals surface area (Å²) in [6.45, 7) is 3.68. The van der Waals surface area contributed by atoms with Crippen LogP contribution in [0.1, 0.15) is 31.8 Å². The second-order valence-corrected chi connectivity index (χ2v) is 4.31. The number of carbonyl (C=O) groups excluding carboxylic acids is 2. The molecule has 0 N–H and O–H groups in total. The summed E-state index contributed by atoms with van der Waals surface area (Å²) in [6, 6.07) is 13.3. The average Bonchev–Trinajstić information content (AvgIpc) is 2.39. The Morgan fingerprint density at radius 1 is 0.762 bits per heavy atom. The van der Waals surface area contributed by atoms with E-state index < -0.39 is 11.9 Å². The topological polar surface area (TPSA) is 80.3 Å². The Morgan fingerprint density at radius 3 is 1.29 bits per heavy atom. The van der Waals surface area contributed by atoms with Gasteiger partial charge in [-0.25, -0.2) is 0 Å². The van der Waals surface area contributed by atoms with Crippen LogP contribution in [0.2, 0.25) is 0 Å². The van der Waals surface area contributed by atoms with Gasteiger partial charge in [-0.3, -0.25) is 0 Å². The smallest absolute Gasteiger partial charge is 0.545 e. The number of carboxylic acids is 2. The van der Waals surface area contributed by atoms with Gasteiger partial charge in [0.2, 0.25) is 0 Å². The van der Waals surface area contributed by atoms with Crippen molar-refractivity contribution >= 4 is 11.9 Å². The van der Waals surface area contributed by atoms with Crippen LogP contribution in [0.4, 0.5) is 0 Å². The van der Waals surface area contributed by atoms with Gasteiger partial charge in [0.05, 0.1) is 11.9 Å². The molecule has 2 aromatic rings. The van der Waals surface area contributed by atoms with E-state index >= 15 is 0 Å². The van der Waals surface area contributed by atoms with Gasteiger partial charge in [-0.2, -0.15) is 0 Å². The third-order valence-corrected chi connectivity index (χ3v) is 2.51. The zero-order valence-corrected chi connectivity index (χ0v) is 16.0. The van der Waals surface area contributed by atoms with Crippen molar-refractivity contribution in [3.8, 4) is 0 Å². The largest absolute Gasteiger partial charge is 2.00 e. The summed E-state index contributed by atoms with van der Waals surface area (Å²) in [4.78, 5) is 20.5. The molecular formula is C16H14CdO4. The number of benzene rings is 2. The van der Waals surface area contributed by atoms with Crippen LogP contribution >= 0.6 is 0 Å². The number of hydrogen-bond acceptors (Lipinski definition) is 4. The number of carbonyl (C=O) groups is 2. The molecule has 21 heavy (non-hydrogen) atoms. The monoisotopic (exact) mass is 384 g/mol. The van der Waals surface area contributed by atoms with Crippen LogP contribution in [0.25, 0.3) is 0 Å². The van der Waals surface area contributed by atoms with Crippen molar-refractivity contribution in [3.05, 3.63) is 70.8 Å². The molecule has 0 amide bonds. The number of rotatable bonds is 2. The van der Waals surface area contributed by atoms with E-state index in [1.807, 2.05) is 26.0 Å². The predicted molar refractivity (Wildman–Crippen MR) is 71.0 cm³/mol. The van der Waals surface area contributed by atoms with Gasteiger partial charge < -0.3 is 19.8 Å². The number of aromatic carboxylic acids is 2. The van der Waals surface area contributed by atoms with Crippen molar-refractivity contribution in [1.29, 1.82) is 0 Å². The van der Waals surface area contributed by atoms with Crippen molar-refractivity contribution in [1.82, 2.24) is 0 Å². The first-order valence-corrected chi connectivity index (χ1v) is 5.96. The van der Waals surface area contributed by atoms with Crippen LogP contribution in [0.15, 0.2) is 48.5 Å². The third-order valence-electron chi connectivity index (χ3n) is 2.51. The molecule has 2 aromatic carbocycles. The van der Waals surface area contributed by atoms with Crippen molar-refractivity contribution in [3.63, 3.8) is 0 Å². The van der Waals surface area contributed by atoms with E-state index in [0.29, 0.717) is 0 Å². The van der Waals surface area contributed by atoms with E-state index in [9.17, 15) is 19.8 Å². The first-order chi connectivity index (χ1) is 9.40. The molecule has 2 rings (SSSR count). The van der Waals surface area contributed by atoms with E-state index in [-0.39, 0.29) is 38.4 Å². The van der Waals surface area contributed by atoms with Gasteiger partial charge in [-0.1, -0.05) is 59.7 Å². The van der Waals surface area contributed by atoms with E-state index in [2.05, 4.69) is 0 Å². The zero-order chi connectivity index (χ0) is 15.1. The third kappa shape index (κ3) is 7.03. The summed E-state index contributed by atoms with van der Waals surface area (Å²) in [5.74, 6) is -2.24. The molecule has 0 heterocycles. The molecular weight excluding hydrogens is 369 g/mol. The van der Waals surface area contributed by atoms with Crippen LogP contribution in [0, 0.1) is 13.8 Å². The summed E-state index contributed by atoms with van der Waals surface area (Å²) in [5, 5.41) is 20.5. The Labute approximate surface area is 143 Å². The Morgan fingerprint density at radius 2 is 1.10 bits per heavy atom. The molecule has 0 aliphatic rings. The minimum atomic E-state index is -1.12. The Kier molecular flexibility index (Phi) is 8.53. The van der Waals surface area contributed by atoms with Gasteiger partial charge in [0.25, 0.3) is 0 Å². The molecule has 0 fully saturated rings. The molecule has 104 valence electrons. The maximum Gasteiger partial charge on any atom is 2.00 e. The fourth-order valence-corrected chi connectivity index (χ4v) is 1.54. The van der Waals surface area contributed by atoms with Crippen LogP contribution < -0.4 is 10.2 Å². The number of aryl methyl sites for hydroxylation is 2. The van der Waals surface area contributed by atoms with Gasteiger partial charge >= 0.3 is 27.3 Å². The maximum atomic E-state index is 10.2. The molecule has 0 spiro atoms. The van der Waals surface area contributed by atoms with Gasteiger partial charge in [0.15, 0.2) is 0 Å². The second kappa shape index (κ2) is 9.28. The SMILES string of the molecule is Cc1cccc(C(=O)[O-])c1.Cc1cccc(C(=O)[O-])c1.[Cd+2]. The molecule has 5 heteroatoms. The van der Waals surface area contributed by atoms with Crippen LogP contribution in [0.5, 0.6) is 0 Å².